The van der Waals surface area contributed by atoms with Crippen LogP contribution < -0.4 is 5.32 Å². The quantitative estimate of drug-likeness (QED) is 0.203. The third-order valence-electron chi connectivity index (χ3n) is 6.77. The third kappa shape index (κ3) is 5.44. The number of aromatic nitrogens is 3. The van der Waals surface area contributed by atoms with E-state index in [0.29, 0.717) is 36.0 Å². The maximum absolute atomic E-state index is 14.9. The lowest BCUT2D eigenvalue weighted by Crippen LogP contribution is -2.24. The van der Waals surface area contributed by atoms with E-state index in [1.165, 1.54) is 24.2 Å². The zero-order valence-electron chi connectivity index (χ0n) is 20.4. The fourth-order valence-corrected chi connectivity index (χ4v) is 5.41. The molecule has 1 aliphatic rings. The van der Waals surface area contributed by atoms with Gasteiger partial charge in [0.1, 0.15) is 11.5 Å². The molecule has 8 heteroatoms. The van der Waals surface area contributed by atoms with Crippen LogP contribution >= 0.6 is 11.3 Å². The molecule has 0 spiro atoms. The van der Waals surface area contributed by atoms with E-state index < -0.39 is 0 Å². The number of pyridine rings is 1. The van der Waals surface area contributed by atoms with Crippen LogP contribution in [0.2, 0.25) is 0 Å². The predicted molar refractivity (Wildman–Crippen MR) is 140 cm³/mol. The van der Waals surface area contributed by atoms with Crippen LogP contribution in [0.4, 0.5) is 4.39 Å². The van der Waals surface area contributed by atoms with Crippen LogP contribution in [0.5, 0.6) is 0 Å². The molecular formula is C27H32FN5OS. The fraction of sp³-hybridized carbons (Fsp3) is 0.444. The average molecular weight is 494 g/mol. The molecule has 6 nitrogen and oxygen atoms in total. The summed E-state index contributed by atoms with van der Waals surface area (Å²) < 4.78 is 17.7. The number of hydrogen-bond acceptors (Lipinski definition) is 6. The number of carbonyl (C=O) groups excluding carboxylic acids is 1. The summed E-state index contributed by atoms with van der Waals surface area (Å²) >= 11 is 1.49. The van der Waals surface area contributed by atoms with E-state index >= 15 is 0 Å². The van der Waals surface area contributed by atoms with Gasteiger partial charge in [0.2, 0.25) is 0 Å². The SMILES string of the molecule is CCN(CC)CCCCC(=O)c1cc2sc3nc(-c4ccc(CNC5CC5)cc4F)cn3c2cn1. The van der Waals surface area contributed by atoms with Gasteiger partial charge in [0.25, 0.3) is 0 Å². The van der Waals surface area contributed by atoms with E-state index in [1.807, 2.05) is 28.8 Å². The van der Waals surface area contributed by atoms with Gasteiger partial charge < -0.3 is 10.2 Å². The Bertz CT molecular complexity index is 1340. The minimum atomic E-state index is -0.262. The molecular weight excluding hydrogens is 461 g/mol. The van der Waals surface area contributed by atoms with Gasteiger partial charge in [-0.3, -0.25) is 14.2 Å². The topological polar surface area (TPSA) is 62.5 Å². The number of unbranched alkanes of at least 4 members (excludes halogenated alkanes) is 1. The van der Waals surface area contributed by atoms with Crippen molar-refractivity contribution >= 4 is 32.3 Å². The highest BCUT2D eigenvalue weighted by atomic mass is 32.1. The number of Topliss-reactive ketones (excluding diaryl/α,β-unsaturated/α-hetero) is 1. The molecule has 0 bridgehead atoms. The van der Waals surface area contributed by atoms with Crippen molar-refractivity contribution < 1.29 is 9.18 Å². The van der Waals surface area contributed by atoms with Crippen molar-refractivity contribution in [1.29, 1.82) is 0 Å². The number of fused-ring (bicyclic) bond motifs is 3. The number of carbonyl (C=O) groups is 1. The van der Waals surface area contributed by atoms with E-state index in [9.17, 15) is 9.18 Å². The Hall–Kier alpha value is -2.68. The van der Waals surface area contributed by atoms with Gasteiger partial charge in [-0.25, -0.2) is 9.37 Å². The number of halogens is 1. The van der Waals surface area contributed by atoms with Crippen molar-refractivity contribution in [2.75, 3.05) is 19.6 Å². The van der Waals surface area contributed by atoms with Crippen LogP contribution in [0.1, 0.15) is 62.0 Å². The van der Waals surface area contributed by atoms with E-state index in [2.05, 4.69) is 34.0 Å². The number of rotatable bonds is 12. The number of benzene rings is 1. The molecule has 0 aliphatic heterocycles. The highest BCUT2D eigenvalue weighted by Crippen LogP contribution is 2.31. The van der Waals surface area contributed by atoms with Gasteiger partial charge in [0.05, 0.1) is 22.1 Å². The second-order valence-corrected chi connectivity index (χ2v) is 10.3. The number of hydrogen-bond donors (Lipinski definition) is 1. The normalized spacial score (nSPS) is 13.9. The first kappa shape index (κ1) is 24.0. The average Bonchev–Trinajstić information content (AvgIpc) is 3.51. The highest BCUT2D eigenvalue weighted by molar-refractivity contribution is 7.23. The minimum absolute atomic E-state index is 0.0801. The molecule has 1 aromatic carbocycles. The molecule has 1 aliphatic carbocycles. The summed E-state index contributed by atoms with van der Waals surface area (Å²) in [6.07, 6.45) is 8.40. The summed E-state index contributed by atoms with van der Waals surface area (Å²) in [7, 11) is 0. The Morgan fingerprint density at radius 1 is 1.23 bits per heavy atom. The molecule has 0 unspecified atom stereocenters. The fourth-order valence-electron chi connectivity index (χ4n) is 4.40. The van der Waals surface area contributed by atoms with Crippen molar-refractivity contribution in [1.82, 2.24) is 24.6 Å². The van der Waals surface area contributed by atoms with Crippen LogP contribution in [0.3, 0.4) is 0 Å². The van der Waals surface area contributed by atoms with Gasteiger partial charge in [-0.1, -0.05) is 31.3 Å². The maximum Gasteiger partial charge on any atom is 0.195 e. The molecule has 0 amide bonds. The zero-order chi connectivity index (χ0) is 24.4. The van der Waals surface area contributed by atoms with Gasteiger partial charge in [0, 0.05) is 30.8 Å². The van der Waals surface area contributed by atoms with Crippen LogP contribution in [-0.2, 0) is 6.54 Å². The summed E-state index contributed by atoms with van der Waals surface area (Å²) in [6, 6.07) is 7.82. The lowest BCUT2D eigenvalue weighted by Gasteiger charge is -2.17. The van der Waals surface area contributed by atoms with E-state index in [4.69, 9.17) is 0 Å². The molecule has 4 aromatic rings. The second kappa shape index (κ2) is 10.5. The first-order valence-corrected chi connectivity index (χ1v) is 13.4. The number of nitrogens with zero attached hydrogens (tertiary/aromatic N) is 4. The van der Waals surface area contributed by atoms with Gasteiger partial charge in [-0.15, -0.1) is 0 Å². The van der Waals surface area contributed by atoms with Crippen molar-refractivity contribution in [2.45, 2.75) is 58.5 Å². The first-order valence-electron chi connectivity index (χ1n) is 12.6. The molecule has 3 heterocycles. The van der Waals surface area contributed by atoms with Crippen LogP contribution in [0, 0.1) is 5.82 Å². The van der Waals surface area contributed by atoms with Crippen molar-refractivity contribution in [3.8, 4) is 11.3 Å². The van der Waals surface area contributed by atoms with Crippen LogP contribution in [-0.4, -0.2) is 50.7 Å². The van der Waals surface area contributed by atoms with Crippen molar-refractivity contribution in [3.05, 3.63) is 53.7 Å². The Labute approximate surface area is 209 Å². The molecule has 0 radical (unpaired) electrons. The summed E-state index contributed by atoms with van der Waals surface area (Å²) in [6.45, 7) is 8.12. The molecule has 184 valence electrons. The number of thiazole rings is 1. The molecule has 1 N–H and O–H groups in total. The summed E-state index contributed by atoms with van der Waals surface area (Å²) in [5.74, 6) is -0.182. The summed E-state index contributed by atoms with van der Waals surface area (Å²) in [5, 5.41) is 3.41. The maximum atomic E-state index is 14.9. The molecule has 3 aromatic heterocycles. The predicted octanol–water partition coefficient (Wildman–Crippen LogP) is 5.70. The van der Waals surface area contributed by atoms with Crippen molar-refractivity contribution in [2.24, 2.45) is 0 Å². The Balaban J connectivity index is 1.28. The Kier molecular flexibility index (Phi) is 7.22. The van der Waals surface area contributed by atoms with Gasteiger partial charge in [-0.05, 0) is 69.1 Å². The molecule has 35 heavy (non-hydrogen) atoms. The van der Waals surface area contributed by atoms with Gasteiger partial charge in [-0.2, -0.15) is 0 Å². The number of imidazole rings is 1. The highest BCUT2D eigenvalue weighted by Gasteiger charge is 2.20. The Morgan fingerprint density at radius 2 is 2.06 bits per heavy atom. The van der Waals surface area contributed by atoms with Gasteiger partial charge in [0.15, 0.2) is 10.7 Å². The van der Waals surface area contributed by atoms with E-state index in [-0.39, 0.29) is 11.6 Å². The van der Waals surface area contributed by atoms with Gasteiger partial charge >= 0.3 is 0 Å². The molecule has 0 saturated heterocycles. The zero-order valence-corrected chi connectivity index (χ0v) is 21.2. The summed E-state index contributed by atoms with van der Waals surface area (Å²) in [5.41, 5.74) is 3.43. The van der Waals surface area contributed by atoms with Crippen molar-refractivity contribution in [3.63, 3.8) is 0 Å². The lowest BCUT2D eigenvalue weighted by atomic mass is 10.1. The first-order chi connectivity index (χ1) is 17.1. The Morgan fingerprint density at radius 3 is 2.80 bits per heavy atom. The minimum Gasteiger partial charge on any atom is -0.310 e. The molecule has 1 fully saturated rings. The van der Waals surface area contributed by atoms with E-state index in [0.717, 1.165) is 53.2 Å². The van der Waals surface area contributed by atoms with E-state index in [1.54, 1.807) is 12.3 Å². The lowest BCUT2D eigenvalue weighted by molar-refractivity contribution is 0.0973. The molecule has 0 atom stereocenters. The summed E-state index contributed by atoms with van der Waals surface area (Å²) in [4.78, 5) is 24.9. The largest absolute Gasteiger partial charge is 0.310 e. The molecule has 1 saturated carbocycles. The molecule has 5 rings (SSSR count). The monoisotopic (exact) mass is 493 g/mol. The number of nitrogens with one attached hydrogen (secondary N) is 1. The number of ketones is 1. The third-order valence-corrected chi connectivity index (χ3v) is 7.79. The second-order valence-electron chi connectivity index (χ2n) is 9.29. The van der Waals surface area contributed by atoms with Crippen LogP contribution in [0.15, 0.2) is 36.7 Å². The smallest absolute Gasteiger partial charge is 0.195 e. The standard InChI is InChI=1S/C27H32FN5OS/c1-3-32(4-2)12-6-5-7-25(34)22-14-26-24(16-30-22)33-17-23(31-27(33)35-26)20-11-8-18(13-21(20)28)15-29-19-9-10-19/h8,11,13-14,16-17,19,29H,3-7,9-10,12,15H2,1-2H3. The van der Waals surface area contributed by atoms with Crippen LogP contribution in [0.25, 0.3) is 26.4 Å².